The number of aryl methyl sites for hydroxylation is 1. The molecule has 6 nitrogen and oxygen atoms in total. The summed E-state index contributed by atoms with van der Waals surface area (Å²) in [5.74, 6) is -1.22. The Balaban J connectivity index is 1.63. The molecule has 0 spiro atoms. The average molecular weight is 526 g/mol. The zero-order valence-corrected chi connectivity index (χ0v) is 20.5. The molecule has 0 amide bonds. The second-order valence-electron chi connectivity index (χ2n) is 9.06. The molecule has 0 aliphatic heterocycles. The van der Waals surface area contributed by atoms with Gasteiger partial charge >= 0.3 is 12.1 Å². The van der Waals surface area contributed by atoms with Crippen LogP contribution in [0.3, 0.4) is 0 Å². The normalized spacial score (nSPS) is 13.7. The standard InChI is InChI=1S/C28H23F4N3O3/c1-3-38-26(36)25-14-18-12-17(2)4-10-23(18)34(25)16-27(37,28(30,31)32)20-5-11-24-19(13-20)15-33-35(24)22-8-6-21(29)7-9-22/h4-15,37H,3,16H2,1-2H3. The van der Waals surface area contributed by atoms with E-state index in [9.17, 15) is 27.5 Å². The van der Waals surface area contributed by atoms with E-state index in [1.807, 2.05) is 6.92 Å². The van der Waals surface area contributed by atoms with E-state index in [4.69, 9.17) is 4.74 Å². The molecule has 10 heteroatoms. The van der Waals surface area contributed by atoms with Crippen molar-refractivity contribution in [2.24, 2.45) is 0 Å². The zero-order valence-electron chi connectivity index (χ0n) is 20.5. The van der Waals surface area contributed by atoms with Crippen molar-refractivity contribution < 1.29 is 32.2 Å². The fourth-order valence-electron chi connectivity index (χ4n) is 4.59. The number of hydrogen-bond donors (Lipinski definition) is 1. The minimum Gasteiger partial charge on any atom is -0.461 e. The highest BCUT2D eigenvalue weighted by molar-refractivity contribution is 5.96. The van der Waals surface area contributed by atoms with Crippen LogP contribution < -0.4 is 0 Å². The third-order valence-corrected chi connectivity index (χ3v) is 6.51. The first-order valence-corrected chi connectivity index (χ1v) is 11.8. The summed E-state index contributed by atoms with van der Waals surface area (Å²) in [7, 11) is 0. The average Bonchev–Trinajstić information content (AvgIpc) is 3.45. The number of nitrogens with zero attached hydrogens (tertiary/aromatic N) is 3. The van der Waals surface area contributed by atoms with Gasteiger partial charge in [-0.15, -0.1) is 0 Å². The van der Waals surface area contributed by atoms with Crippen molar-refractivity contribution in [3.8, 4) is 5.69 Å². The minimum atomic E-state index is -5.10. The van der Waals surface area contributed by atoms with Gasteiger partial charge in [0.2, 0.25) is 5.60 Å². The van der Waals surface area contributed by atoms with Gasteiger partial charge < -0.3 is 14.4 Å². The van der Waals surface area contributed by atoms with E-state index < -0.39 is 35.7 Å². The predicted molar refractivity (Wildman–Crippen MR) is 134 cm³/mol. The van der Waals surface area contributed by atoms with Crippen LogP contribution in [0.2, 0.25) is 0 Å². The van der Waals surface area contributed by atoms with E-state index in [2.05, 4.69) is 5.10 Å². The van der Waals surface area contributed by atoms with Crippen LogP contribution >= 0.6 is 0 Å². The van der Waals surface area contributed by atoms with Crippen LogP contribution in [-0.2, 0) is 16.9 Å². The van der Waals surface area contributed by atoms with Crippen molar-refractivity contribution in [2.75, 3.05) is 6.61 Å². The quantitative estimate of drug-likeness (QED) is 0.216. The Hall–Kier alpha value is -4.18. The first-order chi connectivity index (χ1) is 18.0. The van der Waals surface area contributed by atoms with E-state index in [0.29, 0.717) is 27.5 Å². The van der Waals surface area contributed by atoms with Crippen LogP contribution in [-0.4, -0.2) is 38.2 Å². The monoisotopic (exact) mass is 525 g/mol. The lowest BCUT2D eigenvalue weighted by Crippen LogP contribution is -2.46. The van der Waals surface area contributed by atoms with Crippen LogP contribution in [0.15, 0.2) is 72.9 Å². The highest BCUT2D eigenvalue weighted by Crippen LogP contribution is 2.42. The second-order valence-corrected chi connectivity index (χ2v) is 9.06. The number of rotatable bonds is 6. The lowest BCUT2D eigenvalue weighted by molar-refractivity contribution is -0.271. The van der Waals surface area contributed by atoms with Crippen molar-refractivity contribution in [1.82, 2.24) is 14.3 Å². The Labute approximate surface area is 214 Å². The van der Waals surface area contributed by atoms with Crippen LogP contribution in [0.4, 0.5) is 17.6 Å². The molecular weight excluding hydrogens is 502 g/mol. The number of aliphatic hydroxyl groups is 1. The van der Waals surface area contributed by atoms with Crippen LogP contribution in [0, 0.1) is 12.7 Å². The van der Waals surface area contributed by atoms with Gasteiger partial charge in [0.25, 0.3) is 0 Å². The van der Waals surface area contributed by atoms with Crippen molar-refractivity contribution in [2.45, 2.75) is 32.2 Å². The van der Waals surface area contributed by atoms with E-state index in [-0.39, 0.29) is 12.3 Å². The van der Waals surface area contributed by atoms with Gasteiger partial charge in [0.1, 0.15) is 11.5 Å². The molecule has 2 aromatic heterocycles. The summed E-state index contributed by atoms with van der Waals surface area (Å²) in [4.78, 5) is 12.7. The maximum atomic E-state index is 14.6. The Kier molecular flexibility index (Phi) is 6.22. The Morgan fingerprint density at radius 3 is 2.37 bits per heavy atom. The molecule has 0 aliphatic rings. The van der Waals surface area contributed by atoms with E-state index in [0.717, 1.165) is 10.1 Å². The Morgan fingerprint density at radius 2 is 1.68 bits per heavy atom. The molecule has 1 unspecified atom stereocenters. The first kappa shape index (κ1) is 25.5. The summed E-state index contributed by atoms with van der Waals surface area (Å²) in [6, 6.07) is 15.9. The van der Waals surface area contributed by atoms with E-state index in [1.54, 1.807) is 25.1 Å². The third kappa shape index (κ3) is 4.30. The number of aromatic nitrogens is 3. The summed E-state index contributed by atoms with van der Waals surface area (Å²) in [5.41, 5.74) is -1.66. The lowest BCUT2D eigenvalue weighted by Gasteiger charge is -2.32. The Bertz CT molecular complexity index is 1650. The zero-order chi connectivity index (χ0) is 27.2. The molecule has 0 aliphatic carbocycles. The Morgan fingerprint density at radius 1 is 0.974 bits per heavy atom. The molecule has 5 rings (SSSR count). The number of carbonyl (C=O) groups is 1. The molecule has 1 atom stereocenters. The van der Waals surface area contributed by atoms with E-state index >= 15 is 0 Å². The number of hydrogen-bond acceptors (Lipinski definition) is 4. The first-order valence-electron chi connectivity index (χ1n) is 11.8. The predicted octanol–water partition coefficient (Wildman–Crippen LogP) is 6.05. The number of carbonyl (C=O) groups excluding carboxylic acids is 1. The van der Waals surface area contributed by atoms with E-state index in [1.165, 1.54) is 59.4 Å². The smallest absolute Gasteiger partial charge is 0.423 e. The molecule has 0 bridgehead atoms. The van der Waals surface area contributed by atoms with Gasteiger partial charge in [0.05, 0.1) is 30.6 Å². The van der Waals surface area contributed by atoms with Crippen molar-refractivity contribution >= 4 is 27.8 Å². The molecule has 0 saturated heterocycles. The van der Waals surface area contributed by atoms with Gasteiger partial charge in [-0.3, -0.25) is 0 Å². The molecule has 1 N–H and O–H groups in total. The summed E-state index contributed by atoms with van der Waals surface area (Å²) in [5, 5.41) is 16.4. The lowest BCUT2D eigenvalue weighted by atomic mass is 9.91. The number of esters is 1. The summed E-state index contributed by atoms with van der Waals surface area (Å²) < 4.78 is 64.8. The largest absolute Gasteiger partial charge is 0.461 e. The van der Waals surface area contributed by atoms with Gasteiger partial charge in [-0.25, -0.2) is 13.9 Å². The maximum absolute atomic E-state index is 14.6. The van der Waals surface area contributed by atoms with Gasteiger partial charge in [0, 0.05) is 16.3 Å². The van der Waals surface area contributed by atoms with Crippen molar-refractivity contribution in [3.05, 3.63) is 95.6 Å². The topological polar surface area (TPSA) is 69.3 Å². The molecule has 196 valence electrons. The van der Waals surface area contributed by atoms with Crippen molar-refractivity contribution in [3.63, 3.8) is 0 Å². The molecule has 0 radical (unpaired) electrons. The molecular formula is C28H23F4N3O3. The fourth-order valence-corrected chi connectivity index (χ4v) is 4.59. The fraction of sp³-hybridized carbons (Fsp3) is 0.214. The SMILES string of the molecule is CCOC(=O)c1cc2cc(C)ccc2n1CC(O)(c1ccc2c(cnn2-c2ccc(F)cc2)c1)C(F)(F)F. The van der Waals surface area contributed by atoms with Gasteiger partial charge in [-0.2, -0.15) is 18.3 Å². The number of ether oxygens (including phenoxy) is 1. The van der Waals surface area contributed by atoms with Crippen molar-refractivity contribution in [1.29, 1.82) is 0 Å². The summed E-state index contributed by atoms with van der Waals surface area (Å²) in [6.07, 6.45) is -3.72. The summed E-state index contributed by atoms with van der Waals surface area (Å²) >= 11 is 0. The van der Waals surface area contributed by atoms with Crippen LogP contribution in [0.5, 0.6) is 0 Å². The number of halogens is 4. The maximum Gasteiger partial charge on any atom is 0.423 e. The number of fused-ring (bicyclic) bond motifs is 2. The van der Waals surface area contributed by atoms with Gasteiger partial charge in [0.15, 0.2) is 0 Å². The van der Waals surface area contributed by atoms with Gasteiger partial charge in [-0.1, -0.05) is 17.7 Å². The second kappa shape index (κ2) is 9.29. The summed E-state index contributed by atoms with van der Waals surface area (Å²) in [6.45, 7) is 2.49. The van der Waals surface area contributed by atoms with Crippen LogP contribution in [0.1, 0.15) is 28.5 Å². The number of benzene rings is 3. The molecule has 3 aromatic carbocycles. The van der Waals surface area contributed by atoms with Gasteiger partial charge in [-0.05, 0) is 74.0 Å². The third-order valence-electron chi connectivity index (χ3n) is 6.51. The minimum absolute atomic E-state index is 0.0393. The highest BCUT2D eigenvalue weighted by atomic mass is 19.4. The molecule has 2 heterocycles. The van der Waals surface area contributed by atoms with Crippen LogP contribution in [0.25, 0.3) is 27.5 Å². The molecule has 0 fully saturated rings. The molecule has 38 heavy (non-hydrogen) atoms. The molecule has 0 saturated carbocycles. The number of alkyl halides is 3. The molecule has 5 aromatic rings. The highest BCUT2D eigenvalue weighted by Gasteiger charge is 2.55.